The summed E-state index contributed by atoms with van der Waals surface area (Å²) in [5, 5.41) is 9.00. The van der Waals surface area contributed by atoms with Crippen molar-refractivity contribution < 1.29 is 23.9 Å². The van der Waals surface area contributed by atoms with Gasteiger partial charge in [-0.1, -0.05) is 0 Å². The molecule has 178 valence electrons. The third kappa shape index (κ3) is 3.82. The molecule has 1 atom stereocenters. The molecule has 0 radical (unpaired) electrons. The smallest absolute Gasteiger partial charge is 0.266 e. The highest BCUT2D eigenvalue weighted by atomic mass is 19.1. The summed E-state index contributed by atoms with van der Waals surface area (Å²) in [6, 6.07) is 2.30. The molecule has 33 heavy (non-hydrogen) atoms. The second kappa shape index (κ2) is 7.97. The Balaban J connectivity index is 1.23. The number of hydrogen-bond donors (Lipinski definition) is 2. The van der Waals surface area contributed by atoms with Crippen molar-refractivity contribution in [1.29, 1.82) is 0 Å². The highest BCUT2D eigenvalue weighted by molar-refractivity contribution is 5.98. The molecule has 6 fully saturated rings. The van der Waals surface area contributed by atoms with Crippen molar-refractivity contribution in [1.82, 2.24) is 10.4 Å². The van der Waals surface area contributed by atoms with Crippen molar-refractivity contribution in [2.45, 2.75) is 76.2 Å². The lowest BCUT2D eigenvalue weighted by molar-refractivity contribution is -0.133. The first-order valence-electron chi connectivity index (χ1n) is 12.7. The van der Waals surface area contributed by atoms with Gasteiger partial charge in [-0.25, -0.2) is 9.87 Å². The van der Waals surface area contributed by atoms with Gasteiger partial charge in [0.1, 0.15) is 17.6 Å². The summed E-state index contributed by atoms with van der Waals surface area (Å²) in [7, 11) is 0. The fourth-order valence-corrected chi connectivity index (χ4v) is 7.78. The number of rotatable bonds is 6. The number of benzene rings is 1. The van der Waals surface area contributed by atoms with Crippen molar-refractivity contribution in [3.63, 3.8) is 0 Å². The third-order valence-corrected chi connectivity index (χ3v) is 8.97. The fraction of sp³-hybridized carbons (Fsp3) is 0.692. The number of nitrogens with zero attached hydrogens (tertiary/aromatic N) is 1. The number of nitrogens with one attached hydrogen (secondary N) is 1. The Kier molecular flexibility index (Phi) is 5.16. The zero-order chi connectivity index (χ0) is 22.7. The van der Waals surface area contributed by atoms with Crippen LogP contribution in [0.4, 0.5) is 4.39 Å². The standard InChI is InChI=1S/C26H33FN2O4/c27-21-10-23(33-14-26-11-15-6-16(12-26)8-17(7-15)13-26)19(18-3-4-18)9-20(21)25(31)29-5-1-2-22(29)24(30)28-32/h9-10,15-18,22,32H,1-8,11-14H2,(H,28,30)/t15?,16?,17?,22-,26?/m0/s1. The van der Waals surface area contributed by atoms with E-state index >= 15 is 4.39 Å². The molecule has 6 aliphatic rings. The van der Waals surface area contributed by atoms with E-state index in [1.165, 1.54) is 49.5 Å². The molecule has 7 heteroatoms. The minimum atomic E-state index is -0.765. The first-order chi connectivity index (χ1) is 15.9. The Morgan fingerprint density at radius 1 is 1.09 bits per heavy atom. The Bertz CT molecular complexity index is 940. The highest BCUT2D eigenvalue weighted by Crippen LogP contribution is 2.60. The zero-order valence-corrected chi connectivity index (χ0v) is 19.0. The second-order valence-corrected chi connectivity index (χ2v) is 11.5. The predicted octanol–water partition coefficient (Wildman–Crippen LogP) is 4.41. The van der Waals surface area contributed by atoms with Gasteiger partial charge in [-0.05, 0) is 99.5 Å². The Morgan fingerprint density at radius 3 is 2.36 bits per heavy atom. The van der Waals surface area contributed by atoms with Crippen LogP contribution in [-0.4, -0.2) is 41.1 Å². The normalized spacial score (nSPS) is 34.5. The van der Waals surface area contributed by atoms with Crippen molar-refractivity contribution in [3.8, 4) is 5.75 Å². The first kappa shape index (κ1) is 21.4. The predicted molar refractivity (Wildman–Crippen MR) is 118 cm³/mol. The van der Waals surface area contributed by atoms with Crippen molar-refractivity contribution in [3.05, 3.63) is 29.1 Å². The van der Waals surface area contributed by atoms with Gasteiger partial charge in [0.25, 0.3) is 11.8 Å². The molecule has 1 heterocycles. The molecule has 4 bridgehead atoms. The lowest BCUT2D eigenvalue weighted by Gasteiger charge is -2.56. The molecule has 2 N–H and O–H groups in total. The number of halogens is 1. The molecule has 1 saturated heterocycles. The van der Waals surface area contributed by atoms with Gasteiger partial charge in [0.2, 0.25) is 0 Å². The minimum absolute atomic E-state index is 0.00306. The van der Waals surface area contributed by atoms with E-state index in [0.717, 1.165) is 36.2 Å². The molecule has 0 unspecified atom stereocenters. The van der Waals surface area contributed by atoms with Crippen LogP contribution in [-0.2, 0) is 4.79 Å². The Morgan fingerprint density at radius 2 is 1.76 bits per heavy atom. The third-order valence-electron chi connectivity index (χ3n) is 8.97. The molecule has 1 aromatic rings. The van der Waals surface area contributed by atoms with Crippen LogP contribution in [0.15, 0.2) is 12.1 Å². The van der Waals surface area contributed by atoms with Crippen LogP contribution >= 0.6 is 0 Å². The lowest BCUT2D eigenvalue weighted by Crippen LogP contribution is -2.48. The second-order valence-electron chi connectivity index (χ2n) is 11.5. The number of hydrogen-bond acceptors (Lipinski definition) is 4. The minimum Gasteiger partial charge on any atom is -0.493 e. The number of hydroxylamine groups is 1. The average molecular weight is 457 g/mol. The van der Waals surface area contributed by atoms with E-state index in [2.05, 4.69) is 0 Å². The molecule has 1 aromatic carbocycles. The summed E-state index contributed by atoms with van der Waals surface area (Å²) < 4.78 is 21.6. The maximum absolute atomic E-state index is 15.2. The van der Waals surface area contributed by atoms with Gasteiger partial charge >= 0.3 is 0 Å². The molecular weight excluding hydrogens is 423 g/mol. The SMILES string of the molecule is O=C(NO)[C@@H]1CCCN1C(=O)c1cc(C2CC2)c(OCC23CC4CC(CC(C4)C2)C3)cc1F. The molecular formula is C26H33FN2O4. The fourth-order valence-electron chi connectivity index (χ4n) is 7.78. The van der Waals surface area contributed by atoms with Crippen LogP contribution in [0.2, 0.25) is 0 Å². The van der Waals surface area contributed by atoms with Crippen LogP contribution in [0.1, 0.15) is 86.0 Å². The molecule has 0 spiro atoms. The molecule has 1 aliphatic heterocycles. The van der Waals surface area contributed by atoms with Crippen molar-refractivity contribution in [2.75, 3.05) is 13.2 Å². The molecule has 7 rings (SSSR count). The van der Waals surface area contributed by atoms with Crippen LogP contribution < -0.4 is 10.2 Å². The number of likely N-dealkylation sites (tertiary alicyclic amines) is 1. The number of carbonyl (C=O) groups excluding carboxylic acids is 2. The summed E-state index contributed by atoms with van der Waals surface area (Å²) in [5.41, 5.74) is 2.79. The molecule has 2 amide bonds. The molecule has 5 aliphatic carbocycles. The number of amides is 2. The van der Waals surface area contributed by atoms with Crippen molar-refractivity contribution in [2.24, 2.45) is 23.2 Å². The number of carbonyl (C=O) groups is 2. The summed E-state index contributed by atoms with van der Waals surface area (Å²) in [4.78, 5) is 26.5. The quantitative estimate of drug-likeness (QED) is 0.491. The van der Waals surface area contributed by atoms with E-state index in [0.29, 0.717) is 37.7 Å². The van der Waals surface area contributed by atoms with Crippen LogP contribution in [0, 0.1) is 29.0 Å². The molecule has 5 saturated carbocycles. The van der Waals surface area contributed by atoms with Crippen LogP contribution in [0.25, 0.3) is 0 Å². The van der Waals surface area contributed by atoms with Gasteiger partial charge in [-0.3, -0.25) is 14.8 Å². The van der Waals surface area contributed by atoms with E-state index in [9.17, 15) is 9.59 Å². The summed E-state index contributed by atoms with van der Waals surface area (Å²) >= 11 is 0. The summed E-state index contributed by atoms with van der Waals surface area (Å²) in [5.74, 6) is 1.69. The van der Waals surface area contributed by atoms with E-state index in [4.69, 9.17) is 9.94 Å². The lowest BCUT2D eigenvalue weighted by atomic mass is 9.50. The first-order valence-corrected chi connectivity index (χ1v) is 12.7. The largest absolute Gasteiger partial charge is 0.493 e. The zero-order valence-electron chi connectivity index (χ0n) is 19.0. The maximum atomic E-state index is 15.2. The van der Waals surface area contributed by atoms with Gasteiger partial charge in [0.05, 0.1) is 12.2 Å². The highest BCUT2D eigenvalue weighted by Gasteiger charge is 2.51. The summed E-state index contributed by atoms with van der Waals surface area (Å²) in [6.07, 6.45) is 11.0. The van der Waals surface area contributed by atoms with Crippen LogP contribution in [0.5, 0.6) is 5.75 Å². The van der Waals surface area contributed by atoms with Gasteiger partial charge in [0.15, 0.2) is 0 Å². The van der Waals surface area contributed by atoms with Crippen molar-refractivity contribution >= 4 is 11.8 Å². The van der Waals surface area contributed by atoms with Gasteiger partial charge in [-0.15, -0.1) is 0 Å². The van der Waals surface area contributed by atoms with Crippen LogP contribution in [0.3, 0.4) is 0 Å². The maximum Gasteiger partial charge on any atom is 0.266 e. The monoisotopic (exact) mass is 456 g/mol. The van der Waals surface area contributed by atoms with Gasteiger partial charge in [0, 0.05) is 18.0 Å². The van der Waals surface area contributed by atoms with E-state index < -0.39 is 23.7 Å². The Labute approximate surface area is 193 Å². The summed E-state index contributed by atoms with van der Waals surface area (Å²) in [6.45, 7) is 1.02. The number of ether oxygens (including phenoxy) is 1. The van der Waals surface area contributed by atoms with Gasteiger partial charge in [-0.2, -0.15) is 0 Å². The van der Waals surface area contributed by atoms with E-state index in [-0.39, 0.29) is 11.0 Å². The average Bonchev–Trinajstić information content (AvgIpc) is 3.51. The van der Waals surface area contributed by atoms with Gasteiger partial charge < -0.3 is 9.64 Å². The molecule has 0 aromatic heterocycles. The van der Waals surface area contributed by atoms with E-state index in [1.54, 1.807) is 11.5 Å². The topological polar surface area (TPSA) is 78.9 Å². The van der Waals surface area contributed by atoms with E-state index in [1.807, 2.05) is 0 Å². The Hall–Kier alpha value is -2.15. The molecule has 6 nitrogen and oxygen atoms in total.